The third-order valence-electron chi connectivity index (χ3n) is 4.98. The quantitative estimate of drug-likeness (QED) is 0.784. The second-order valence-electron chi connectivity index (χ2n) is 7.02. The Balaban J connectivity index is 1.39. The van der Waals surface area contributed by atoms with E-state index in [4.69, 9.17) is 0 Å². The Kier molecular flexibility index (Phi) is 4.42. The molecule has 1 aliphatic rings. The number of pyridine rings is 1. The third kappa shape index (κ3) is 3.32. The van der Waals surface area contributed by atoms with Gasteiger partial charge in [-0.3, -0.25) is 19.4 Å². The van der Waals surface area contributed by atoms with Crippen LogP contribution in [0.3, 0.4) is 0 Å². The second-order valence-corrected chi connectivity index (χ2v) is 7.02. The highest BCUT2D eigenvalue weighted by Gasteiger charge is 2.19. The summed E-state index contributed by atoms with van der Waals surface area (Å²) in [5.74, 6) is -0.0921. The van der Waals surface area contributed by atoms with Crippen LogP contribution in [0.25, 0.3) is 11.0 Å². The normalized spacial score (nSPS) is 15.6. The van der Waals surface area contributed by atoms with Gasteiger partial charge < -0.3 is 5.32 Å². The van der Waals surface area contributed by atoms with Gasteiger partial charge >= 0.3 is 0 Å². The predicted molar refractivity (Wildman–Crippen MR) is 101 cm³/mol. The minimum absolute atomic E-state index is 0.0648. The molecule has 0 saturated carbocycles. The van der Waals surface area contributed by atoms with Crippen LogP contribution in [0.15, 0.2) is 42.7 Å². The molecule has 0 saturated heterocycles. The lowest BCUT2D eigenvalue weighted by Gasteiger charge is -2.31. The summed E-state index contributed by atoms with van der Waals surface area (Å²) in [6.45, 7) is 4.86. The van der Waals surface area contributed by atoms with Crippen molar-refractivity contribution in [2.75, 3.05) is 13.1 Å². The van der Waals surface area contributed by atoms with Gasteiger partial charge in [0.25, 0.3) is 5.91 Å². The van der Waals surface area contributed by atoms with E-state index in [9.17, 15) is 4.79 Å². The fraction of sp³-hybridized carbons (Fsp3) is 0.350. The number of aromatic nitrogens is 3. The number of hydrogen-bond donors (Lipinski definition) is 1. The number of carbonyl (C=O) groups excluding carboxylic acids is 1. The molecule has 3 heterocycles. The molecule has 1 unspecified atom stereocenters. The van der Waals surface area contributed by atoms with Crippen LogP contribution in [0.1, 0.15) is 28.4 Å². The van der Waals surface area contributed by atoms with Crippen molar-refractivity contribution in [3.8, 4) is 0 Å². The first kappa shape index (κ1) is 16.7. The van der Waals surface area contributed by atoms with Crippen LogP contribution in [0.2, 0.25) is 0 Å². The van der Waals surface area contributed by atoms with Crippen molar-refractivity contribution in [2.24, 2.45) is 7.05 Å². The predicted octanol–water partition coefficient (Wildman–Crippen LogP) is 2.14. The molecule has 1 N–H and O–H groups in total. The van der Waals surface area contributed by atoms with E-state index in [1.54, 1.807) is 17.1 Å². The van der Waals surface area contributed by atoms with E-state index in [-0.39, 0.29) is 11.9 Å². The van der Waals surface area contributed by atoms with E-state index in [1.165, 1.54) is 11.1 Å². The topological polar surface area (TPSA) is 63.1 Å². The molecule has 1 atom stereocenters. The molecule has 6 nitrogen and oxygen atoms in total. The molecule has 2 aromatic heterocycles. The fourth-order valence-corrected chi connectivity index (χ4v) is 3.60. The van der Waals surface area contributed by atoms with Crippen molar-refractivity contribution < 1.29 is 4.79 Å². The van der Waals surface area contributed by atoms with Crippen molar-refractivity contribution >= 4 is 16.9 Å². The van der Waals surface area contributed by atoms with Gasteiger partial charge in [0.1, 0.15) is 5.52 Å². The fourth-order valence-electron chi connectivity index (χ4n) is 3.60. The average Bonchev–Trinajstić information content (AvgIpc) is 3.02. The largest absolute Gasteiger partial charge is 0.348 e. The Morgan fingerprint density at radius 2 is 2.08 bits per heavy atom. The summed E-state index contributed by atoms with van der Waals surface area (Å²) in [6, 6.07) is 10.5. The molecule has 134 valence electrons. The molecule has 0 bridgehead atoms. The summed E-state index contributed by atoms with van der Waals surface area (Å²) >= 11 is 0. The molecule has 4 rings (SSSR count). The van der Waals surface area contributed by atoms with E-state index < -0.39 is 0 Å². The van der Waals surface area contributed by atoms with Crippen molar-refractivity contribution in [3.05, 3.63) is 59.4 Å². The summed E-state index contributed by atoms with van der Waals surface area (Å²) in [4.78, 5) is 19.3. The van der Waals surface area contributed by atoms with Gasteiger partial charge in [0.05, 0.1) is 17.3 Å². The third-order valence-corrected chi connectivity index (χ3v) is 4.98. The number of carbonyl (C=O) groups is 1. The lowest BCUT2D eigenvalue weighted by Crippen LogP contribution is -2.43. The first-order chi connectivity index (χ1) is 12.6. The van der Waals surface area contributed by atoms with Crippen LogP contribution in [-0.2, 0) is 20.0 Å². The maximum absolute atomic E-state index is 12.6. The highest BCUT2D eigenvalue weighted by molar-refractivity contribution is 5.96. The van der Waals surface area contributed by atoms with Crippen LogP contribution in [0.5, 0.6) is 0 Å². The maximum atomic E-state index is 12.6. The molecule has 0 spiro atoms. The second kappa shape index (κ2) is 6.88. The minimum atomic E-state index is -0.0921. The standard InChI is InChI=1S/C20H23N5O/c1-14(12-25-8-7-15-5-3-4-6-16(15)13-25)23-20(26)17-9-19-18(21-10-17)11-22-24(19)2/h3-6,9-11,14H,7-8,12-13H2,1-2H3,(H,23,26). The molecule has 3 aromatic rings. The molecule has 1 aliphatic heterocycles. The smallest absolute Gasteiger partial charge is 0.253 e. The monoisotopic (exact) mass is 349 g/mol. The van der Waals surface area contributed by atoms with Crippen LogP contribution < -0.4 is 5.32 Å². The number of fused-ring (bicyclic) bond motifs is 2. The molecule has 0 fully saturated rings. The lowest BCUT2D eigenvalue weighted by atomic mass is 9.99. The van der Waals surface area contributed by atoms with E-state index >= 15 is 0 Å². The van der Waals surface area contributed by atoms with Crippen molar-refractivity contribution in [2.45, 2.75) is 25.9 Å². The van der Waals surface area contributed by atoms with Crippen molar-refractivity contribution in [1.82, 2.24) is 25.0 Å². The van der Waals surface area contributed by atoms with Gasteiger partial charge in [-0.05, 0) is 30.5 Å². The van der Waals surface area contributed by atoms with Crippen molar-refractivity contribution in [1.29, 1.82) is 0 Å². The Morgan fingerprint density at radius 3 is 2.92 bits per heavy atom. The summed E-state index contributed by atoms with van der Waals surface area (Å²) < 4.78 is 1.73. The molecule has 0 radical (unpaired) electrons. The van der Waals surface area contributed by atoms with Crippen LogP contribution in [0.4, 0.5) is 0 Å². The first-order valence-corrected chi connectivity index (χ1v) is 8.98. The number of aryl methyl sites for hydroxylation is 1. The van der Waals surface area contributed by atoms with Crippen LogP contribution >= 0.6 is 0 Å². The number of hydrogen-bond acceptors (Lipinski definition) is 4. The highest BCUT2D eigenvalue weighted by Crippen LogP contribution is 2.18. The van der Waals surface area contributed by atoms with E-state index in [0.717, 1.165) is 37.1 Å². The van der Waals surface area contributed by atoms with E-state index in [2.05, 4.69) is 51.5 Å². The molecule has 1 aromatic carbocycles. The summed E-state index contributed by atoms with van der Waals surface area (Å²) in [7, 11) is 1.85. The summed E-state index contributed by atoms with van der Waals surface area (Å²) in [5.41, 5.74) is 5.05. The lowest BCUT2D eigenvalue weighted by molar-refractivity contribution is 0.0927. The Labute approximate surface area is 152 Å². The molecular weight excluding hydrogens is 326 g/mol. The molecule has 0 aliphatic carbocycles. The van der Waals surface area contributed by atoms with Crippen molar-refractivity contribution in [3.63, 3.8) is 0 Å². The number of rotatable bonds is 4. The molecule has 6 heteroatoms. The number of nitrogens with zero attached hydrogens (tertiary/aromatic N) is 4. The van der Waals surface area contributed by atoms with Gasteiger partial charge in [-0.2, -0.15) is 5.10 Å². The molecule has 26 heavy (non-hydrogen) atoms. The van der Waals surface area contributed by atoms with Gasteiger partial charge in [0, 0.05) is 38.9 Å². The minimum Gasteiger partial charge on any atom is -0.348 e. The zero-order valence-corrected chi connectivity index (χ0v) is 15.1. The molecule has 1 amide bonds. The van der Waals surface area contributed by atoms with Gasteiger partial charge in [0.2, 0.25) is 0 Å². The zero-order valence-electron chi connectivity index (χ0n) is 15.1. The maximum Gasteiger partial charge on any atom is 0.253 e. The first-order valence-electron chi connectivity index (χ1n) is 8.98. The Hall–Kier alpha value is -2.73. The summed E-state index contributed by atoms with van der Waals surface area (Å²) in [6.07, 6.45) is 4.38. The number of amides is 1. The Morgan fingerprint density at radius 1 is 1.27 bits per heavy atom. The number of benzene rings is 1. The van der Waals surface area contributed by atoms with E-state index in [0.29, 0.717) is 5.56 Å². The van der Waals surface area contributed by atoms with Gasteiger partial charge in [-0.25, -0.2) is 0 Å². The number of nitrogens with one attached hydrogen (secondary N) is 1. The van der Waals surface area contributed by atoms with E-state index in [1.807, 2.05) is 13.1 Å². The van der Waals surface area contributed by atoms with Crippen LogP contribution in [0, 0.1) is 0 Å². The average molecular weight is 349 g/mol. The van der Waals surface area contributed by atoms with Gasteiger partial charge in [0.15, 0.2) is 0 Å². The zero-order chi connectivity index (χ0) is 18.1. The molecular formula is C20H23N5O. The van der Waals surface area contributed by atoms with Crippen LogP contribution in [-0.4, -0.2) is 44.7 Å². The van der Waals surface area contributed by atoms with Gasteiger partial charge in [-0.1, -0.05) is 24.3 Å². The Bertz CT molecular complexity index is 948. The van der Waals surface area contributed by atoms with Gasteiger partial charge in [-0.15, -0.1) is 0 Å². The summed E-state index contributed by atoms with van der Waals surface area (Å²) in [5, 5.41) is 7.26. The SMILES string of the molecule is CC(CN1CCc2ccccc2C1)NC(=O)c1cnc2cnn(C)c2c1. The highest BCUT2D eigenvalue weighted by atomic mass is 16.1.